The normalized spacial score (nSPS) is 26.8. The highest BCUT2D eigenvalue weighted by Gasteiger charge is 2.44. The first-order chi connectivity index (χ1) is 8.22. The van der Waals surface area contributed by atoms with E-state index in [1.165, 1.54) is 12.0 Å². The van der Waals surface area contributed by atoms with E-state index in [2.05, 4.69) is 0 Å². The van der Waals surface area contributed by atoms with E-state index < -0.39 is 0 Å². The molecule has 0 aromatic heterocycles. The second-order valence-corrected chi connectivity index (χ2v) is 5.57. The van der Waals surface area contributed by atoms with Gasteiger partial charge in [0.1, 0.15) is 5.82 Å². The Labute approximate surface area is 102 Å². The molecule has 0 aliphatic heterocycles. The van der Waals surface area contributed by atoms with E-state index in [1.54, 1.807) is 12.1 Å². The first kappa shape index (κ1) is 11.2. The van der Waals surface area contributed by atoms with Crippen molar-refractivity contribution in [2.45, 2.75) is 56.5 Å². The summed E-state index contributed by atoms with van der Waals surface area (Å²) >= 11 is 0. The van der Waals surface area contributed by atoms with Gasteiger partial charge in [-0.3, -0.25) is 0 Å². The van der Waals surface area contributed by atoms with Crippen LogP contribution in [-0.2, 0) is 11.8 Å². The van der Waals surface area contributed by atoms with E-state index in [0.29, 0.717) is 0 Å². The summed E-state index contributed by atoms with van der Waals surface area (Å²) in [5, 5.41) is 10.4. The molecule has 1 nitrogen and oxygen atoms in total. The summed E-state index contributed by atoms with van der Waals surface area (Å²) in [4.78, 5) is 0. The summed E-state index contributed by atoms with van der Waals surface area (Å²) in [6, 6.07) is 5.13. The van der Waals surface area contributed by atoms with Gasteiger partial charge in [-0.25, -0.2) is 4.39 Å². The Balaban J connectivity index is 2.11. The minimum absolute atomic E-state index is 0.145. The molecule has 1 N–H and O–H groups in total. The fourth-order valence-corrected chi connectivity index (χ4v) is 3.76. The molecule has 2 aliphatic carbocycles. The highest BCUT2D eigenvalue weighted by Crippen LogP contribution is 2.47. The van der Waals surface area contributed by atoms with Crippen LogP contribution in [0.2, 0.25) is 0 Å². The number of benzene rings is 1. The van der Waals surface area contributed by atoms with Crippen LogP contribution in [0.5, 0.6) is 0 Å². The first-order valence-corrected chi connectivity index (χ1v) is 6.69. The number of rotatable bonds is 0. The van der Waals surface area contributed by atoms with Crippen molar-refractivity contribution >= 4 is 0 Å². The second-order valence-electron chi connectivity index (χ2n) is 5.57. The lowest BCUT2D eigenvalue weighted by Crippen LogP contribution is -2.45. The summed E-state index contributed by atoms with van der Waals surface area (Å²) in [6.07, 6.45) is 7.04. The Morgan fingerprint density at radius 2 is 1.94 bits per heavy atom. The maximum atomic E-state index is 13.5. The quantitative estimate of drug-likeness (QED) is 0.730. The molecule has 2 heteroatoms. The third-order valence-corrected chi connectivity index (χ3v) is 4.68. The van der Waals surface area contributed by atoms with Crippen molar-refractivity contribution < 1.29 is 9.50 Å². The van der Waals surface area contributed by atoms with Crippen LogP contribution in [-0.4, -0.2) is 11.2 Å². The van der Waals surface area contributed by atoms with Crippen LogP contribution in [0.1, 0.15) is 49.7 Å². The SMILES string of the molecule is OC1CCc2ccc(F)cc2C12CCCCC2. The van der Waals surface area contributed by atoms with Crippen LogP contribution in [0, 0.1) is 5.82 Å². The van der Waals surface area contributed by atoms with Crippen molar-refractivity contribution in [1.29, 1.82) is 0 Å². The average Bonchev–Trinajstić information content (AvgIpc) is 2.36. The molecule has 0 radical (unpaired) electrons. The lowest BCUT2D eigenvalue weighted by atomic mass is 9.61. The van der Waals surface area contributed by atoms with E-state index in [1.807, 2.05) is 6.07 Å². The predicted molar refractivity (Wildman–Crippen MR) is 65.5 cm³/mol. The first-order valence-electron chi connectivity index (χ1n) is 6.69. The topological polar surface area (TPSA) is 20.2 Å². The van der Waals surface area contributed by atoms with E-state index in [9.17, 15) is 9.50 Å². The Hall–Kier alpha value is -0.890. The summed E-state index contributed by atoms with van der Waals surface area (Å²) < 4.78 is 13.5. The van der Waals surface area contributed by atoms with Gasteiger partial charge >= 0.3 is 0 Å². The third kappa shape index (κ3) is 1.70. The summed E-state index contributed by atoms with van der Waals surface area (Å²) in [5.41, 5.74) is 2.20. The van der Waals surface area contributed by atoms with Gasteiger partial charge < -0.3 is 5.11 Å². The molecule has 2 aliphatic rings. The molecule has 1 spiro atoms. The van der Waals surface area contributed by atoms with Crippen LogP contribution < -0.4 is 0 Å². The second kappa shape index (κ2) is 4.09. The molecule has 1 saturated carbocycles. The van der Waals surface area contributed by atoms with Crippen molar-refractivity contribution in [3.63, 3.8) is 0 Å². The molecule has 1 fully saturated rings. The summed E-state index contributed by atoms with van der Waals surface area (Å²) in [6.45, 7) is 0. The largest absolute Gasteiger partial charge is 0.392 e. The zero-order valence-electron chi connectivity index (χ0n) is 10.1. The van der Waals surface area contributed by atoms with Crippen LogP contribution in [0.3, 0.4) is 0 Å². The number of fused-ring (bicyclic) bond motifs is 2. The highest BCUT2D eigenvalue weighted by atomic mass is 19.1. The number of aliphatic hydroxyl groups excluding tert-OH is 1. The van der Waals surface area contributed by atoms with Crippen LogP contribution in [0.15, 0.2) is 18.2 Å². The van der Waals surface area contributed by atoms with Crippen LogP contribution >= 0.6 is 0 Å². The smallest absolute Gasteiger partial charge is 0.123 e. The molecule has 1 aromatic rings. The summed E-state index contributed by atoms with van der Waals surface area (Å²) in [7, 11) is 0. The van der Waals surface area contributed by atoms with E-state index in [-0.39, 0.29) is 17.3 Å². The standard InChI is InChI=1S/C15H19FO/c16-12-6-4-11-5-7-14(17)15(13(11)10-12)8-2-1-3-9-15/h4,6,10,14,17H,1-3,5,7-9H2. The molecule has 0 amide bonds. The van der Waals surface area contributed by atoms with E-state index in [0.717, 1.165) is 44.1 Å². The Kier molecular flexibility index (Phi) is 2.70. The molecular formula is C15H19FO. The minimum Gasteiger partial charge on any atom is -0.392 e. The minimum atomic E-state index is -0.280. The van der Waals surface area contributed by atoms with Crippen LogP contribution in [0.4, 0.5) is 4.39 Å². The summed E-state index contributed by atoms with van der Waals surface area (Å²) in [5.74, 6) is -0.164. The molecular weight excluding hydrogens is 215 g/mol. The molecule has 3 rings (SSSR count). The molecule has 0 bridgehead atoms. The Morgan fingerprint density at radius 3 is 2.71 bits per heavy atom. The molecule has 0 heterocycles. The third-order valence-electron chi connectivity index (χ3n) is 4.68. The number of aryl methyl sites for hydroxylation is 1. The molecule has 1 aromatic carbocycles. The van der Waals surface area contributed by atoms with Gasteiger partial charge in [0.2, 0.25) is 0 Å². The fraction of sp³-hybridized carbons (Fsp3) is 0.600. The van der Waals surface area contributed by atoms with Gasteiger partial charge in [0.25, 0.3) is 0 Å². The Morgan fingerprint density at radius 1 is 1.18 bits per heavy atom. The van der Waals surface area contributed by atoms with Crippen molar-refractivity contribution in [2.24, 2.45) is 0 Å². The zero-order chi connectivity index (χ0) is 11.9. The lowest BCUT2D eigenvalue weighted by molar-refractivity contribution is 0.0388. The highest BCUT2D eigenvalue weighted by molar-refractivity contribution is 5.39. The van der Waals surface area contributed by atoms with Gasteiger partial charge in [0, 0.05) is 5.41 Å². The van der Waals surface area contributed by atoms with Crippen molar-refractivity contribution in [3.8, 4) is 0 Å². The van der Waals surface area contributed by atoms with E-state index in [4.69, 9.17) is 0 Å². The van der Waals surface area contributed by atoms with E-state index >= 15 is 0 Å². The van der Waals surface area contributed by atoms with Gasteiger partial charge in [-0.2, -0.15) is 0 Å². The number of aliphatic hydroxyl groups is 1. The van der Waals surface area contributed by atoms with Gasteiger partial charge in [-0.1, -0.05) is 25.3 Å². The van der Waals surface area contributed by atoms with Crippen LogP contribution in [0.25, 0.3) is 0 Å². The zero-order valence-corrected chi connectivity index (χ0v) is 10.1. The Bertz CT molecular complexity index is 421. The number of hydrogen-bond acceptors (Lipinski definition) is 1. The fourth-order valence-electron chi connectivity index (χ4n) is 3.76. The number of hydrogen-bond donors (Lipinski definition) is 1. The van der Waals surface area contributed by atoms with Crippen molar-refractivity contribution in [3.05, 3.63) is 35.1 Å². The predicted octanol–water partition coefficient (Wildman–Crippen LogP) is 3.33. The maximum Gasteiger partial charge on any atom is 0.123 e. The van der Waals surface area contributed by atoms with Gasteiger partial charge in [0.05, 0.1) is 6.10 Å². The monoisotopic (exact) mass is 234 g/mol. The molecule has 17 heavy (non-hydrogen) atoms. The molecule has 92 valence electrons. The maximum absolute atomic E-state index is 13.5. The van der Waals surface area contributed by atoms with Gasteiger partial charge in [0.15, 0.2) is 0 Å². The number of halogens is 1. The van der Waals surface area contributed by atoms with Gasteiger partial charge in [-0.15, -0.1) is 0 Å². The molecule has 1 atom stereocenters. The average molecular weight is 234 g/mol. The van der Waals surface area contributed by atoms with Crippen molar-refractivity contribution in [1.82, 2.24) is 0 Å². The molecule has 0 saturated heterocycles. The van der Waals surface area contributed by atoms with Gasteiger partial charge in [-0.05, 0) is 48.9 Å². The lowest BCUT2D eigenvalue weighted by Gasteiger charge is -2.45. The molecule has 1 unspecified atom stereocenters. The van der Waals surface area contributed by atoms with Crippen molar-refractivity contribution in [2.75, 3.05) is 0 Å².